The normalized spacial score (nSPS) is 10.9. The number of hydrazone groups is 1. The topological polar surface area (TPSA) is 59.9 Å². The van der Waals surface area contributed by atoms with Gasteiger partial charge < -0.3 is 9.47 Å². The molecule has 0 saturated carbocycles. The summed E-state index contributed by atoms with van der Waals surface area (Å²) in [6.07, 6.45) is 1.55. The molecule has 5 nitrogen and oxygen atoms in total. The van der Waals surface area contributed by atoms with Crippen molar-refractivity contribution in [3.05, 3.63) is 72.0 Å². The minimum absolute atomic E-state index is 0.269. The quantitative estimate of drug-likeness (QED) is 0.509. The number of nitrogens with zero attached hydrogens (tertiary/aromatic N) is 1. The van der Waals surface area contributed by atoms with E-state index in [9.17, 15) is 9.18 Å². The molecule has 138 valence electrons. The van der Waals surface area contributed by atoms with Crippen LogP contribution in [0.2, 0.25) is 0 Å². The van der Waals surface area contributed by atoms with Crippen LogP contribution in [0.3, 0.4) is 0 Å². The van der Waals surface area contributed by atoms with Crippen molar-refractivity contribution in [3.63, 3.8) is 0 Å². The van der Waals surface area contributed by atoms with Gasteiger partial charge in [0.15, 0.2) is 6.61 Å². The molecule has 0 spiro atoms. The highest BCUT2D eigenvalue weighted by Gasteiger charge is 2.07. The lowest BCUT2D eigenvalue weighted by molar-refractivity contribution is -0.123. The lowest BCUT2D eigenvalue weighted by Gasteiger charge is -2.10. The van der Waals surface area contributed by atoms with Crippen molar-refractivity contribution in [2.75, 3.05) is 13.2 Å². The third kappa shape index (κ3) is 4.82. The first-order chi connectivity index (χ1) is 13.2. The molecule has 0 aliphatic rings. The van der Waals surface area contributed by atoms with Crippen molar-refractivity contribution in [3.8, 4) is 11.5 Å². The second-order valence-electron chi connectivity index (χ2n) is 5.67. The number of carbonyl (C=O) groups excluding carboxylic acids is 1. The van der Waals surface area contributed by atoms with Crippen LogP contribution < -0.4 is 14.9 Å². The van der Waals surface area contributed by atoms with E-state index >= 15 is 0 Å². The van der Waals surface area contributed by atoms with E-state index in [-0.39, 0.29) is 12.4 Å². The van der Waals surface area contributed by atoms with E-state index in [1.54, 1.807) is 12.3 Å². The predicted octanol–water partition coefficient (Wildman–Crippen LogP) is 3.91. The summed E-state index contributed by atoms with van der Waals surface area (Å²) in [6, 6.07) is 17.3. The van der Waals surface area contributed by atoms with Crippen molar-refractivity contribution >= 4 is 22.9 Å². The Balaban J connectivity index is 1.68. The Kier molecular flexibility index (Phi) is 5.99. The summed E-state index contributed by atoms with van der Waals surface area (Å²) in [5.74, 6) is 0.0890. The van der Waals surface area contributed by atoms with Gasteiger partial charge in [0, 0.05) is 11.6 Å². The molecule has 6 heteroatoms. The minimum atomic E-state index is -0.450. The number of nitrogens with one attached hydrogen (secondary N) is 1. The van der Waals surface area contributed by atoms with Crippen molar-refractivity contribution in [2.24, 2.45) is 5.10 Å². The predicted molar refractivity (Wildman–Crippen MR) is 103 cm³/mol. The van der Waals surface area contributed by atoms with Crippen molar-refractivity contribution in [1.29, 1.82) is 0 Å². The molecule has 0 saturated heterocycles. The molecule has 0 heterocycles. The molecule has 3 aromatic rings. The molecule has 1 amide bonds. The molecule has 0 aliphatic carbocycles. The molecule has 0 fully saturated rings. The van der Waals surface area contributed by atoms with Gasteiger partial charge in [0.1, 0.15) is 17.3 Å². The zero-order valence-corrected chi connectivity index (χ0v) is 14.8. The van der Waals surface area contributed by atoms with Gasteiger partial charge in [0.25, 0.3) is 5.91 Å². The minimum Gasteiger partial charge on any atom is -0.493 e. The maximum Gasteiger partial charge on any atom is 0.277 e. The molecule has 3 rings (SSSR count). The van der Waals surface area contributed by atoms with Crippen LogP contribution in [0, 0.1) is 5.82 Å². The number of ether oxygens (including phenoxy) is 2. The zero-order chi connectivity index (χ0) is 19.1. The fourth-order valence-corrected chi connectivity index (χ4v) is 2.60. The lowest BCUT2D eigenvalue weighted by Crippen LogP contribution is -2.24. The number of amides is 1. The number of halogens is 1. The van der Waals surface area contributed by atoms with Crippen LogP contribution in [0.15, 0.2) is 65.8 Å². The fraction of sp³-hybridized carbons (Fsp3) is 0.143. The van der Waals surface area contributed by atoms with E-state index in [0.717, 1.165) is 16.3 Å². The molecule has 0 aliphatic heterocycles. The second kappa shape index (κ2) is 8.80. The van der Waals surface area contributed by atoms with Crippen LogP contribution in [0.25, 0.3) is 10.8 Å². The van der Waals surface area contributed by atoms with Crippen LogP contribution in [0.4, 0.5) is 4.39 Å². The number of carbonyl (C=O) groups is 1. The van der Waals surface area contributed by atoms with Crippen LogP contribution in [0.1, 0.15) is 12.5 Å². The maximum atomic E-state index is 13.1. The third-order valence-corrected chi connectivity index (χ3v) is 3.78. The molecular formula is C21H19FN2O3. The summed E-state index contributed by atoms with van der Waals surface area (Å²) in [5.41, 5.74) is 3.19. The molecule has 27 heavy (non-hydrogen) atoms. The Bertz CT molecular complexity index is 973. The summed E-state index contributed by atoms with van der Waals surface area (Å²) in [4.78, 5) is 11.9. The standard InChI is InChI=1S/C21H19FN2O3/c1-2-26-20-11-10-15-6-3-4-9-18(15)19(20)13-23-24-21(25)14-27-17-8-5-7-16(22)12-17/h3-13H,2,14H2,1H3,(H,24,25)/b23-13-. The Hall–Kier alpha value is -3.41. The Morgan fingerprint density at radius 2 is 1.96 bits per heavy atom. The number of fused-ring (bicyclic) bond motifs is 1. The number of hydrogen-bond acceptors (Lipinski definition) is 4. The summed E-state index contributed by atoms with van der Waals surface area (Å²) in [7, 11) is 0. The van der Waals surface area contributed by atoms with E-state index in [4.69, 9.17) is 9.47 Å². The van der Waals surface area contributed by atoms with Crippen LogP contribution in [-0.2, 0) is 4.79 Å². The number of hydrogen-bond donors (Lipinski definition) is 1. The fourth-order valence-electron chi connectivity index (χ4n) is 2.60. The van der Waals surface area contributed by atoms with Gasteiger partial charge in [-0.15, -0.1) is 0 Å². The molecular weight excluding hydrogens is 347 g/mol. The molecule has 0 atom stereocenters. The van der Waals surface area contributed by atoms with E-state index in [0.29, 0.717) is 12.4 Å². The van der Waals surface area contributed by atoms with Gasteiger partial charge in [-0.3, -0.25) is 4.79 Å². The molecule has 0 bridgehead atoms. The second-order valence-corrected chi connectivity index (χ2v) is 5.67. The first-order valence-electron chi connectivity index (χ1n) is 8.52. The number of rotatable bonds is 7. The van der Waals surface area contributed by atoms with Crippen LogP contribution >= 0.6 is 0 Å². The Labute approximate surface area is 156 Å². The van der Waals surface area contributed by atoms with E-state index < -0.39 is 11.7 Å². The van der Waals surface area contributed by atoms with Gasteiger partial charge in [-0.25, -0.2) is 9.82 Å². The Morgan fingerprint density at radius 3 is 2.78 bits per heavy atom. The Morgan fingerprint density at radius 1 is 1.11 bits per heavy atom. The number of benzene rings is 3. The molecule has 1 N–H and O–H groups in total. The van der Waals surface area contributed by atoms with E-state index in [1.807, 2.05) is 43.3 Å². The van der Waals surface area contributed by atoms with Crippen LogP contribution in [-0.4, -0.2) is 25.3 Å². The smallest absolute Gasteiger partial charge is 0.277 e. The average Bonchev–Trinajstić information content (AvgIpc) is 2.68. The highest BCUT2D eigenvalue weighted by molar-refractivity contribution is 6.02. The van der Waals surface area contributed by atoms with Gasteiger partial charge >= 0.3 is 0 Å². The third-order valence-electron chi connectivity index (χ3n) is 3.78. The summed E-state index contributed by atoms with van der Waals surface area (Å²) in [6.45, 7) is 2.16. The molecule has 3 aromatic carbocycles. The summed E-state index contributed by atoms with van der Waals surface area (Å²) >= 11 is 0. The largest absolute Gasteiger partial charge is 0.493 e. The average molecular weight is 366 g/mol. The van der Waals surface area contributed by atoms with E-state index in [1.165, 1.54) is 18.2 Å². The van der Waals surface area contributed by atoms with Gasteiger partial charge in [0.05, 0.1) is 12.8 Å². The van der Waals surface area contributed by atoms with Gasteiger partial charge in [0.2, 0.25) is 0 Å². The maximum absolute atomic E-state index is 13.1. The van der Waals surface area contributed by atoms with Gasteiger partial charge in [-0.05, 0) is 35.9 Å². The monoisotopic (exact) mass is 366 g/mol. The van der Waals surface area contributed by atoms with E-state index in [2.05, 4.69) is 10.5 Å². The van der Waals surface area contributed by atoms with Gasteiger partial charge in [-0.2, -0.15) is 5.10 Å². The van der Waals surface area contributed by atoms with Crippen molar-refractivity contribution in [2.45, 2.75) is 6.92 Å². The van der Waals surface area contributed by atoms with Gasteiger partial charge in [-0.1, -0.05) is 36.4 Å². The molecule has 0 unspecified atom stereocenters. The van der Waals surface area contributed by atoms with Crippen molar-refractivity contribution < 1.29 is 18.7 Å². The molecule has 0 aromatic heterocycles. The summed E-state index contributed by atoms with van der Waals surface area (Å²) < 4.78 is 24.0. The first kappa shape index (κ1) is 18.4. The zero-order valence-electron chi connectivity index (χ0n) is 14.8. The summed E-state index contributed by atoms with van der Waals surface area (Å²) in [5, 5.41) is 6.02. The molecule has 0 radical (unpaired) electrons. The first-order valence-corrected chi connectivity index (χ1v) is 8.52. The highest BCUT2D eigenvalue weighted by atomic mass is 19.1. The highest BCUT2D eigenvalue weighted by Crippen LogP contribution is 2.26. The van der Waals surface area contributed by atoms with Crippen molar-refractivity contribution in [1.82, 2.24) is 5.43 Å². The SMILES string of the molecule is CCOc1ccc2ccccc2c1/C=N\NC(=O)COc1cccc(F)c1. The lowest BCUT2D eigenvalue weighted by atomic mass is 10.0. The van der Waals surface area contributed by atoms with Crippen LogP contribution in [0.5, 0.6) is 11.5 Å².